The normalized spacial score (nSPS) is 14.0. The van der Waals surface area contributed by atoms with Gasteiger partial charge in [0, 0.05) is 24.3 Å². The van der Waals surface area contributed by atoms with Crippen LogP contribution in [0.15, 0.2) is 65.6 Å². The van der Waals surface area contributed by atoms with Gasteiger partial charge in [-0.15, -0.1) is 0 Å². The fourth-order valence-electron chi connectivity index (χ4n) is 4.10. The van der Waals surface area contributed by atoms with Crippen LogP contribution in [0.25, 0.3) is 0 Å². The standard InChI is InChI=1S/C26H27F2N3O3S/c1-16-3-5-19(12-24(16)25(27)28)17(2)30-26(32)31-22-7-9-23(10-8-22)35(33,34)15-18-4-6-20-13-29-14-21(20)11-18/h3-12,17,25,29H,13-15H2,1-2H3,(H2,30,31,32). The zero-order chi connectivity index (χ0) is 25.2. The summed E-state index contributed by atoms with van der Waals surface area (Å²) in [6.07, 6.45) is -2.59. The minimum absolute atomic E-state index is 0.0649. The van der Waals surface area contributed by atoms with E-state index in [9.17, 15) is 22.0 Å². The smallest absolute Gasteiger partial charge is 0.319 e. The third-order valence-corrected chi connectivity index (χ3v) is 7.82. The summed E-state index contributed by atoms with van der Waals surface area (Å²) >= 11 is 0. The Bertz CT molecular complexity index is 1340. The van der Waals surface area contributed by atoms with Crippen molar-refractivity contribution in [3.05, 3.63) is 94.0 Å². The van der Waals surface area contributed by atoms with Gasteiger partial charge in [-0.2, -0.15) is 0 Å². The Morgan fingerprint density at radius 3 is 2.43 bits per heavy atom. The Hall–Kier alpha value is -3.30. The van der Waals surface area contributed by atoms with E-state index in [1.54, 1.807) is 26.0 Å². The highest BCUT2D eigenvalue weighted by atomic mass is 32.2. The maximum Gasteiger partial charge on any atom is 0.319 e. The summed E-state index contributed by atoms with van der Waals surface area (Å²) in [5, 5.41) is 8.60. The number of amides is 2. The van der Waals surface area contributed by atoms with E-state index >= 15 is 0 Å². The van der Waals surface area contributed by atoms with Gasteiger partial charge in [0.2, 0.25) is 0 Å². The van der Waals surface area contributed by atoms with E-state index in [4.69, 9.17) is 0 Å². The zero-order valence-corrected chi connectivity index (χ0v) is 20.3. The van der Waals surface area contributed by atoms with E-state index in [2.05, 4.69) is 16.0 Å². The summed E-state index contributed by atoms with van der Waals surface area (Å²) in [6.45, 7) is 4.85. The molecule has 184 valence electrons. The SMILES string of the molecule is Cc1ccc(C(C)NC(=O)Nc2ccc(S(=O)(=O)Cc3ccc4c(c3)CNC4)cc2)cc1C(F)F. The van der Waals surface area contributed by atoms with Gasteiger partial charge >= 0.3 is 6.03 Å². The number of anilines is 1. The average Bonchev–Trinajstić information content (AvgIpc) is 3.27. The Morgan fingerprint density at radius 2 is 1.71 bits per heavy atom. The molecule has 0 fully saturated rings. The average molecular weight is 500 g/mol. The molecule has 3 aromatic rings. The van der Waals surface area contributed by atoms with Crippen molar-refractivity contribution >= 4 is 21.6 Å². The summed E-state index contributed by atoms with van der Waals surface area (Å²) in [6, 6.07) is 15.3. The van der Waals surface area contributed by atoms with Gasteiger partial charge in [0.05, 0.1) is 16.7 Å². The number of hydrogen-bond acceptors (Lipinski definition) is 4. The van der Waals surface area contributed by atoms with E-state index in [-0.39, 0.29) is 16.2 Å². The van der Waals surface area contributed by atoms with E-state index in [1.807, 2.05) is 18.2 Å². The van der Waals surface area contributed by atoms with Crippen LogP contribution in [0.4, 0.5) is 19.3 Å². The van der Waals surface area contributed by atoms with Gasteiger partial charge in [-0.05, 0) is 72.0 Å². The number of hydrogen-bond donors (Lipinski definition) is 3. The van der Waals surface area contributed by atoms with Gasteiger partial charge in [0.25, 0.3) is 6.43 Å². The van der Waals surface area contributed by atoms with Gasteiger partial charge in [-0.1, -0.05) is 30.3 Å². The van der Waals surface area contributed by atoms with E-state index in [1.165, 1.54) is 35.9 Å². The Kier molecular flexibility index (Phi) is 7.18. The van der Waals surface area contributed by atoms with Crippen LogP contribution in [0, 0.1) is 6.92 Å². The summed E-state index contributed by atoms with van der Waals surface area (Å²) < 4.78 is 52.1. The summed E-state index contributed by atoms with van der Waals surface area (Å²) in [5.74, 6) is -0.109. The second kappa shape index (κ2) is 10.1. The molecule has 35 heavy (non-hydrogen) atoms. The molecule has 0 spiro atoms. The topological polar surface area (TPSA) is 87.3 Å². The number of nitrogens with one attached hydrogen (secondary N) is 3. The van der Waals surface area contributed by atoms with Crippen LogP contribution in [0.2, 0.25) is 0 Å². The molecule has 3 aromatic carbocycles. The third-order valence-electron chi connectivity index (χ3n) is 6.12. The van der Waals surface area contributed by atoms with E-state index < -0.39 is 28.3 Å². The maximum absolute atomic E-state index is 13.2. The predicted molar refractivity (Wildman–Crippen MR) is 131 cm³/mol. The molecular weight excluding hydrogens is 472 g/mol. The first-order chi connectivity index (χ1) is 16.6. The highest BCUT2D eigenvalue weighted by molar-refractivity contribution is 7.90. The highest BCUT2D eigenvalue weighted by Gasteiger charge is 2.19. The molecule has 0 bridgehead atoms. The first-order valence-corrected chi connectivity index (χ1v) is 12.9. The van der Waals surface area contributed by atoms with Gasteiger partial charge in [-0.3, -0.25) is 0 Å². The van der Waals surface area contributed by atoms with Crippen LogP contribution in [0.5, 0.6) is 0 Å². The molecule has 0 aromatic heterocycles. The fraction of sp³-hybridized carbons (Fsp3) is 0.269. The van der Waals surface area contributed by atoms with Gasteiger partial charge in [-0.25, -0.2) is 22.0 Å². The largest absolute Gasteiger partial charge is 0.331 e. The monoisotopic (exact) mass is 499 g/mol. The lowest BCUT2D eigenvalue weighted by atomic mass is 10.0. The van der Waals surface area contributed by atoms with Crippen LogP contribution in [0.3, 0.4) is 0 Å². The van der Waals surface area contributed by atoms with Crippen molar-refractivity contribution in [1.82, 2.24) is 10.6 Å². The maximum atomic E-state index is 13.2. The van der Waals surface area contributed by atoms with Crippen molar-refractivity contribution in [3.63, 3.8) is 0 Å². The molecule has 3 N–H and O–H groups in total. The molecule has 6 nitrogen and oxygen atoms in total. The van der Waals surface area contributed by atoms with Crippen molar-refractivity contribution in [1.29, 1.82) is 0 Å². The van der Waals surface area contributed by atoms with Crippen LogP contribution >= 0.6 is 0 Å². The zero-order valence-electron chi connectivity index (χ0n) is 19.4. The number of sulfone groups is 1. The van der Waals surface area contributed by atoms with Crippen molar-refractivity contribution in [2.45, 2.75) is 50.1 Å². The van der Waals surface area contributed by atoms with Crippen molar-refractivity contribution in [3.8, 4) is 0 Å². The van der Waals surface area contributed by atoms with Crippen molar-refractivity contribution in [2.24, 2.45) is 0 Å². The lowest BCUT2D eigenvalue weighted by Crippen LogP contribution is -2.31. The van der Waals surface area contributed by atoms with Crippen molar-refractivity contribution in [2.75, 3.05) is 5.32 Å². The molecule has 2 amide bonds. The quantitative estimate of drug-likeness (QED) is 0.407. The molecule has 9 heteroatoms. The lowest BCUT2D eigenvalue weighted by molar-refractivity contribution is 0.150. The molecule has 1 atom stereocenters. The number of aryl methyl sites for hydroxylation is 1. The van der Waals surface area contributed by atoms with E-state index in [0.717, 1.165) is 24.2 Å². The summed E-state index contributed by atoms with van der Waals surface area (Å²) in [7, 11) is -3.56. The highest BCUT2D eigenvalue weighted by Crippen LogP contribution is 2.26. The molecule has 1 unspecified atom stereocenters. The Balaban J connectivity index is 1.38. The van der Waals surface area contributed by atoms with Crippen molar-refractivity contribution < 1.29 is 22.0 Å². The van der Waals surface area contributed by atoms with Crippen LogP contribution in [-0.2, 0) is 28.7 Å². The van der Waals surface area contributed by atoms with Crippen LogP contribution in [-0.4, -0.2) is 14.4 Å². The fourth-order valence-corrected chi connectivity index (χ4v) is 5.43. The first-order valence-electron chi connectivity index (χ1n) is 11.2. The lowest BCUT2D eigenvalue weighted by Gasteiger charge is -2.17. The molecule has 0 aliphatic carbocycles. The number of fused-ring (bicyclic) bond motifs is 1. The minimum atomic E-state index is -3.56. The molecule has 1 aliphatic heterocycles. The minimum Gasteiger partial charge on any atom is -0.331 e. The molecule has 4 rings (SSSR count). The number of benzene rings is 3. The predicted octanol–water partition coefficient (Wildman–Crippen LogP) is 5.39. The number of rotatable bonds is 7. The number of halogens is 2. The second-order valence-electron chi connectivity index (χ2n) is 8.73. The van der Waals surface area contributed by atoms with E-state index in [0.29, 0.717) is 16.8 Å². The van der Waals surface area contributed by atoms with Crippen LogP contribution in [0.1, 0.15) is 52.8 Å². The second-order valence-corrected chi connectivity index (χ2v) is 10.7. The van der Waals surface area contributed by atoms with Crippen LogP contribution < -0.4 is 16.0 Å². The molecule has 0 saturated carbocycles. The molecule has 0 saturated heterocycles. The van der Waals surface area contributed by atoms with Gasteiger partial charge in [0.15, 0.2) is 9.84 Å². The number of carbonyl (C=O) groups excluding carboxylic acids is 1. The molecular formula is C26H27F2N3O3S. The third kappa shape index (κ3) is 5.86. The Morgan fingerprint density at radius 1 is 1.00 bits per heavy atom. The molecule has 1 aliphatic rings. The number of alkyl halides is 2. The summed E-state index contributed by atoms with van der Waals surface area (Å²) in [5.41, 5.74) is 4.43. The number of urea groups is 1. The number of carbonyl (C=O) groups is 1. The summed E-state index contributed by atoms with van der Waals surface area (Å²) in [4.78, 5) is 12.6. The van der Waals surface area contributed by atoms with Gasteiger partial charge in [0.1, 0.15) is 0 Å². The molecule has 1 heterocycles. The first kappa shape index (κ1) is 24.8. The van der Waals surface area contributed by atoms with Gasteiger partial charge < -0.3 is 16.0 Å². The molecule has 0 radical (unpaired) electrons. The Labute approximate surface area is 203 Å².